The molecular weight excluding hydrogens is 295 g/mol. The van der Waals surface area contributed by atoms with Crippen molar-refractivity contribution in [3.8, 4) is 0 Å². The summed E-state index contributed by atoms with van der Waals surface area (Å²) in [6.07, 6.45) is 2.19. The lowest BCUT2D eigenvalue weighted by molar-refractivity contribution is -0.139. The van der Waals surface area contributed by atoms with Crippen LogP contribution in [0.3, 0.4) is 0 Å². The predicted molar refractivity (Wildman–Crippen MR) is 86.7 cm³/mol. The maximum absolute atomic E-state index is 13.2. The van der Waals surface area contributed by atoms with Gasteiger partial charge in [0.05, 0.1) is 0 Å². The topological polar surface area (TPSA) is 65.1 Å². The second-order valence-corrected chi connectivity index (χ2v) is 5.47. The summed E-state index contributed by atoms with van der Waals surface area (Å²) >= 11 is 0. The largest absolute Gasteiger partial charge is 0.480 e. The van der Waals surface area contributed by atoms with Crippen molar-refractivity contribution in [1.82, 2.24) is 10.3 Å². The van der Waals surface area contributed by atoms with Crippen molar-refractivity contribution in [3.63, 3.8) is 0 Å². The molecule has 118 valence electrons. The number of benzene rings is 2. The maximum atomic E-state index is 13.2. The molecule has 0 aliphatic carbocycles. The van der Waals surface area contributed by atoms with Gasteiger partial charge in [-0.15, -0.1) is 0 Å². The summed E-state index contributed by atoms with van der Waals surface area (Å²) in [4.78, 5) is 14.6. The zero-order chi connectivity index (χ0) is 16.2. The van der Waals surface area contributed by atoms with Crippen LogP contribution in [0.2, 0.25) is 0 Å². The highest BCUT2D eigenvalue weighted by molar-refractivity contribution is 5.84. The van der Waals surface area contributed by atoms with Crippen LogP contribution in [0.4, 0.5) is 4.39 Å². The number of carboxylic acid groups (broad SMARTS) is 1. The number of aromatic amines is 1. The molecule has 0 radical (unpaired) electrons. The smallest absolute Gasteiger partial charge is 0.321 e. The number of carboxylic acids is 1. The molecule has 0 unspecified atom stereocenters. The van der Waals surface area contributed by atoms with E-state index in [1.165, 1.54) is 12.1 Å². The van der Waals surface area contributed by atoms with E-state index in [0.717, 1.165) is 22.0 Å². The van der Waals surface area contributed by atoms with Gasteiger partial charge < -0.3 is 15.4 Å². The van der Waals surface area contributed by atoms with Gasteiger partial charge >= 0.3 is 5.97 Å². The molecule has 2 aromatic carbocycles. The van der Waals surface area contributed by atoms with E-state index in [4.69, 9.17) is 0 Å². The van der Waals surface area contributed by atoms with Crippen LogP contribution in [0.15, 0.2) is 54.7 Å². The van der Waals surface area contributed by atoms with Crippen LogP contribution in [0.5, 0.6) is 0 Å². The predicted octanol–water partition coefficient (Wildman–Crippen LogP) is 3.09. The van der Waals surface area contributed by atoms with Crippen molar-refractivity contribution in [2.45, 2.75) is 19.0 Å². The Kier molecular flexibility index (Phi) is 4.39. The van der Waals surface area contributed by atoms with Crippen LogP contribution in [-0.2, 0) is 17.8 Å². The monoisotopic (exact) mass is 312 g/mol. The van der Waals surface area contributed by atoms with Crippen LogP contribution in [-0.4, -0.2) is 22.1 Å². The van der Waals surface area contributed by atoms with E-state index in [9.17, 15) is 14.3 Å². The Morgan fingerprint density at radius 3 is 2.83 bits per heavy atom. The number of fused-ring (bicyclic) bond motifs is 1. The van der Waals surface area contributed by atoms with Gasteiger partial charge in [-0.1, -0.05) is 30.3 Å². The first kappa shape index (κ1) is 15.2. The first-order valence-electron chi connectivity index (χ1n) is 7.39. The lowest BCUT2D eigenvalue weighted by atomic mass is 10.0. The van der Waals surface area contributed by atoms with Crippen molar-refractivity contribution >= 4 is 16.9 Å². The van der Waals surface area contributed by atoms with Gasteiger partial charge in [0.15, 0.2) is 0 Å². The van der Waals surface area contributed by atoms with E-state index in [1.54, 1.807) is 12.1 Å². The van der Waals surface area contributed by atoms with Crippen molar-refractivity contribution in [2.24, 2.45) is 0 Å². The molecule has 0 amide bonds. The molecule has 1 heterocycles. The maximum Gasteiger partial charge on any atom is 0.321 e. The standard InChI is InChI=1S/C18H17FN2O2/c19-14-5-3-4-12(8-14)10-20-17(18(22)23)9-13-11-21-16-7-2-1-6-15(13)16/h1-8,11,17,20-21H,9-10H2,(H,22,23)/t17-/m0/s1. The van der Waals surface area contributed by atoms with Crippen molar-refractivity contribution in [2.75, 3.05) is 0 Å². The van der Waals surface area contributed by atoms with E-state index >= 15 is 0 Å². The number of aliphatic carboxylic acids is 1. The Balaban J connectivity index is 1.73. The summed E-state index contributed by atoms with van der Waals surface area (Å²) in [6, 6.07) is 13.2. The highest BCUT2D eigenvalue weighted by Gasteiger charge is 2.19. The molecule has 0 bridgehead atoms. The molecule has 4 nitrogen and oxygen atoms in total. The van der Waals surface area contributed by atoms with Gasteiger partial charge in [-0.2, -0.15) is 0 Å². The minimum absolute atomic E-state index is 0.303. The molecule has 3 rings (SSSR count). The van der Waals surface area contributed by atoms with Gasteiger partial charge in [-0.3, -0.25) is 4.79 Å². The average molecular weight is 312 g/mol. The van der Waals surface area contributed by atoms with Crippen molar-refractivity contribution in [3.05, 3.63) is 71.7 Å². The molecule has 0 aliphatic heterocycles. The highest BCUT2D eigenvalue weighted by Crippen LogP contribution is 2.19. The lowest BCUT2D eigenvalue weighted by Crippen LogP contribution is -2.38. The highest BCUT2D eigenvalue weighted by atomic mass is 19.1. The summed E-state index contributed by atoms with van der Waals surface area (Å²) < 4.78 is 13.2. The summed E-state index contributed by atoms with van der Waals surface area (Å²) in [7, 11) is 0. The Morgan fingerprint density at radius 2 is 2.04 bits per heavy atom. The zero-order valence-corrected chi connectivity index (χ0v) is 12.4. The van der Waals surface area contributed by atoms with E-state index in [0.29, 0.717) is 13.0 Å². The number of hydrogen-bond donors (Lipinski definition) is 3. The second-order valence-electron chi connectivity index (χ2n) is 5.47. The Morgan fingerprint density at radius 1 is 1.22 bits per heavy atom. The van der Waals surface area contributed by atoms with E-state index in [1.807, 2.05) is 30.5 Å². The molecule has 0 aliphatic rings. The fraction of sp³-hybridized carbons (Fsp3) is 0.167. The fourth-order valence-corrected chi connectivity index (χ4v) is 2.66. The molecule has 0 saturated heterocycles. The number of halogens is 1. The number of hydrogen-bond acceptors (Lipinski definition) is 2. The third kappa shape index (κ3) is 3.57. The summed E-state index contributed by atoms with van der Waals surface area (Å²) in [6.45, 7) is 0.303. The third-order valence-electron chi connectivity index (χ3n) is 3.84. The summed E-state index contributed by atoms with van der Waals surface area (Å²) in [5.41, 5.74) is 2.65. The number of para-hydroxylation sites is 1. The molecule has 0 spiro atoms. The molecule has 0 saturated carbocycles. The zero-order valence-electron chi connectivity index (χ0n) is 12.4. The molecule has 3 aromatic rings. The second kappa shape index (κ2) is 6.62. The molecule has 0 fully saturated rings. The van der Waals surface area contributed by atoms with Gasteiger partial charge in [0.1, 0.15) is 11.9 Å². The molecule has 23 heavy (non-hydrogen) atoms. The SMILES string of the molecule is O=C(O)[C@H](Cc1c[nH]c2ccccc12)NCc1cccc(F)c1. The van der Waals surface area contributed by atoms with E-state index in [-0.39, 0.29) is 5.82 Å². The van der Waals surface area contributed by atoms with E-state index < -0.39 is 12.0 Å². The van der Waals surface area contributed by atoms with Gasteiger partial charge in [-0.25, -0.2) is 4.39 Å². The average Bonchev–Trinajstić information content (AvgIpc) is 2.94. The van der Waals surface area contributed by atoms with Gasteiger partial charge in [0, 0.05) is 30.1 Å². The summed E-state index contributed by atoms with van der Waals surface area (Å²) in [5, 5.41) is 13.4. The molecule has 1 aromatic heterocycles. The molecule has 5 heteroatoms. The lowest BCUT2D eigenvalue weighted by Gasteiger charge is -2.14. The minimum Gasteiger partial charge on any atom is -0.480 e. The van der Waals surface area contributed by atoms with Gasteiger partial charge in [-0.05, 0) is 29.3 Å². The number of H-pyrrole nitrogens is 1. The van der Waals surface area contributed by atoms with Crippen LogP contribution >= 0.6 is 0 Å². The molecule has 3 N–H and O–H groups in total. The normalized spacial score (nSPS) is 12.4. The number of nitrogens with one attached hydrogen (secondary N) is 2. The quantitative estimate of drug-likeness (QED) is 0.655. The number of rotatable bonds is 6. The van der Waals surface area contributed by atoms with Crippen LogP contribution in [0.25, 0.3) is 10.9 Å². The molecule has 1 atom stereocenters. The summed E-state index contributed by atoms with van der Waals surface area (Å²) in [5.74, 6) is -1.25. The van der Waals surface area contributed by atoms with Crippen LogP contribution < -0.4 is 5.32 Å². The minimum atomic E-state index is -0.924. The van der Waals surface area contributed by atoms with Gasteiger partial charge in [0.2, 0.25) is 0 Å². The Hall–Kier alpha value is -2.66. The van der Waals surface area contributed by atoms with E-state index in [2.05, 4.69) is 10.3 Å². The molecular formula is C18H17FN2O2. The first-order valence-corrected chi connectivity index (χ1v) is 7.39. The Bertz CT molecular complexity index is 829. The number of aromatic nitrogens is 1. The third-order valence-corrected chi connectivity index (χ3v) is 3.84. The van der Waals surface area contributed by atoms with Crippen molar-refractivity contribution in [1.29, 1.82) is 0 Å². The van der Waals surface area contributed by atoms with Crippen LogP contribution in [0.1, 0.15) is 11.1 Å². The van der Waals surface area contributed by atoms with Gasteiger partial charge in [0.25, 0.3) is 0 Å². The van der Waals surface area contributed by atoms with Crippen LogP contribution in [0, 0.1) is 5.82 Å². The fourth-order valence-electron chi connectivity index (χ4n) is 2.66. The number of carbonyl (C=O) groups is 1. The first-order chi connectivity index (χ1) is 11.1. The van der Waals surface area contributed by atoms with Crippen molar-refractivity contribution < 1.29 is 14.3 Å². The Labute approximate surface area is 133 Å².